The fourth-order valence-corrected chi connectivity index (χ4v) is 4.66. The van der Waals surface area contributed by atoms with E-state index in [1.165, 1.54) is 63.5 Å². The summed E-state index contributed by atoms with van der Waals surface area (Å²) < 4.78 is 11.0. The summed E-state index contributed by atoms with van der Waals surface area (Å²) in [7, 11) is 3.38. The van der Waals surface area contributed by atoms with Gasteiger partial charge in [-0.3, -0.25) is 0 Å². The van der Waals surface area contributed by atoms with Crippen LogP contribution >= 0.6 is 0 Å². The number of hydrogen-bond acceptors (Lipinski definition) is 3. The van der Waals surface area contributed by atoms with Gasteiger partial charge in [0.15, 0.2) is 0 Å². The third-order valence-corrected chi connectivity index (χ3v) is 6.69. The molecule has 0 bridgehead atoms. The molecule has 0 saturated heterocycles. The third-order valence-electron chi connectivity index (χ3n) is 6.69. The molecule has 2 aromatic heterocycles. The van der Waals surface area contributed by atoms with E-state index in [0.29, 0.717) is 0 Å². The minimum absolute atomic E-state index is 0.805. The zero-order chi connectivity index (χ0) is 24.5. The molecule has 1 aliphatic rings. The molecule has 0 aliphatic carbocycles. The zero-order valence-electron chi connectivity index (χ0n) is 21.5. The Morgan fingerprint density at radius 2 is 1.60 bits per heavy atom. The molecule has 3 heterocycles. The lowest BCUT2D eigenvalue weighted by molar-refractivity contribution is 0.412. The Kier molecular flexibility index (Phi) is 8.88. The van der Waals surface area contributed by atoms with Gasteiger partial charge >= 0.3 is 0 Å². The number of rotatable bonds is 13. The van der Waals surface area contributed by atoms with E-state index >= 15 is 0 Å². The first-order valence-corrected chi connectivity index (χ1v) is 13.1. The second-order valence-corrected chi connectivity index (χ2v) is 9.39. The molecule has 1 aliphatic heterocycles. The first-order valence-electron chi connectivity index (χ1n) is 13.1. The Labute approximate surface area is 208 Å². The minimum Gasteiger partial charge on any atom is -0.497 e. The SMILES string of the molecule is CCCCCCCCCCCc1ccc(/C=c2\[nH]/c(=C3/C=c4cc(OC)ccc4=N3)cc2OC)[nH]1. The molecule has 4 rings (SSSR count). The van der Waals surface area contributed by atoms with Crippen molar-refractivity contribution in [3.63, 3.8) is 0 Å². The van der Waals surface area contributed by atoms with Crippen molar-refractivity contribution in [2.75, 3.05) is 14.2 Å². The number of fused-ring (bicyclic) bond motifs is 1. The van der Waals surface area contributed by atoms with Gasteiger partial charge in [0.2, 0.25) is 0 Å². The van der Waals surface area contributed by atoms with Crippen molar-refractivity contribution >= 4 is 17.8 Å². The van der Waals surface area contributed by atoms with Crippen LogP contribution < -0.4 is 30.7 Å². The molecule has 0 atom stereocenters. The number of nitrogens with zero attached hydrogens (tertiary/aromatic N) is 1. The van der Waals surface area contributed by atoms with Crippen LogP contribution in [-0.4, -0.2) is 24.2 Å². The van der Waals surface area contributed by atoms with Crippen molar-refractivity contribution in [2.45, 2.75) is 71.1 Å². The van der Waals surface area contributed by atoms with Crippen LogP contribution in [0.2, 0.25) is 0 Å². The fraction of sp³-hybridized carbons (Fsp3) is 0.433. The molecule has 186 valence electrons. The molecule has 0 fully saturated rings. The number of aromatic amines is 2. The number of methoxy groups -OCH3 is 2. The zero-order valence-corrected chi connectivity index (χ0v) is 21.5. The van der Waals surface area contributed by atoms with Crippen molar-refractivity contribution in [1.29, 1.82) is 0 Å². The van der Waals surface area contributed by atoms with Crippen LogP contribution in [0.4, 0.5) is 0 Å². The van der Waals surface area contributed by atoms with E-state index in [9.17, 15) is 0 Å². The summed E-state index contributed by atoms with van der Waals surface area (Å²) >= 11 is 0. The van der Waals surface area contributed by atoms with Crippen LogP contribution in [-0.2, 0) is 6.42 Å². The highest BCUT2D eigenvalue weighted by Crippen LogP contribution is 2.13. The van der Waals surface area contributed by atoms with E-state index in [-0.39, 0.29) is 0 Å². The van der Waals surface area contributed by atoms with Crippen molar-refractivity contribution < 1.29 is 9.47 Å². The molecule has 0 saturated carbocycles. The second kappa shape index (κ2) is 12.5. The van der Waals surface area contributed by atoms with Crippen molar-refractivity contribution in [2.24, 2.45) is 4.99 Å². The molecule has 1 aromatic carbocycles. The summed E-state index contributed by atoms with van der Waals surface area (Å²) in [6.07, 6.45) is 17.5. The molecule has 0 spiro atoms. The van der Waals surface area contributed by atoms with Crippen molar-refractivity contribution in [1.82, 2.24) is 9.97 Å². The van der Waals surface area contributed by atoms with Crippen LogP contribution in [0.3, 0.4) is 0 Å². The minimum atomic E-state index is 0.805. The van der Waals surface area contributed by atoms with E-state index in [1.807, 2.05) is 24.3 Å². The average Bonchev–Trinajstić information content (AvgIpc) is 3.60. The fourth-order valence-electron chi connectivity index (χ4n) is 4.66. The Morgan fingerprint density at radius 1 is 0.829 bits per heavy atom. The highest BCUT2D eigenvalue weighted by molar-refractivity contribution is 5.77. The summed E-state index contributed by atoms with van der Waals surface area (Å²) in [6, 6.07) is 12.3. The molecule has 0 unspecified atom stereocenters. The van der Waals surface area contributed by atoms with E-state index in [4.69, 9.17) is 14.5 Å². The van der Waals surface area contributed by atoms with E-state index in [1.54, 1.807) is 14.2 Å². The summed E-state index contributed by atoms with van der Waals surface area (Å²) in [5, 5.41) is 3.88. The van der Waals surface area contributed by atoms with Gasteiger partial charge in [0.05, 0.1) is 36.0 Å². The number of ether oxygens (including phenoxy) is 2. The topological polar surface area (TPSA) is 62.4 Å². The summed E-state index contributed by atoms with van der Waals surface area (Å²) in [5.74, 6) is 1.64. The second-order valence-electron chi connectivity index (χ2n) is 9.39. The molecular formula is C30H39N3O2. The van der Waals surface area contributed by atoms with Crippen LogP contribution in [0.25, 0.3) is 17.8 Å². The lowest BCUT2D eigenvalue weighted by atomic mass is 10.1. The number of aromatic nitrogens is 2. The number of H-pyrrole nitrogens is 2. The maximum absolute atomic E-state index is 5.65. The predicted octanol–water partition coefficient (Wildman–Crippen LogP) is 4.48. The largest absolute Gasteiger partial charge is 0.497 e. The van der Waals surface area contributed by atoms with E-state index in [0.717, 1.165) is 50.6 Å². The molecule has 5 heteroatoms. The first-order chi connectivity index (χ1) is 17.2. The van der Waals surface area contributed by atoms with Crippen LogP contribution in [0.15, 0.2) is 41.4 Å². The van der Waals surface area contributed by atoms with Crippen LogP contribution in [0.1, 0.15) is 76.1 Å². The van der Waals surface area contributed by atoms with Crippen LogP contribution in [0.5, 0.6) is 11.5 Å². The monoisotopic (exact) mass is 473 g/mol. The first kappa shape index (κ1) is 24.9. The Bertz CT molecular complexity index is 1350. The van der Waals surface area contributed by atoms with Crippen LogP contribution in [0, 0.1) is 0 Å². The number of benzene rings is 1. The quantitative estimate of drug-likeness (QED) is 0.360. The lowest BCUT2D eigenvalue weighted by Crippen LogP contribution is -2.20. The van der Waals surface area contributed by atoms with Gasteiger partial charge < -0.3 is 19.4 Å². The number of unbranched alkanes of at least 4 members (excludes halogenated alkanes) is 8. The van der Waals surface area contributed by atoms with Crippen molar-refractivity contribution in [3.05, 3.63) is 69.1 Å². The molecule has 0 amide bonds. The lowest BCUT2D eigenvalue weighted by Gasteiger charge is -2.01. The number of aryl methyl sites for hydroxylation is 1. The summed E-state index contributed by atoms with van der Waals surface area (Å²) in [5.41, 5.74) is 3.26. The van der Waals surface area contributed by atoms with Crippen molar-refractivity contribution in [3.8, 4) is 11.5 Å². The number of hydrogen-bond donors (Lipinski definition) is 2. The van der Waals surface area contributed by atoms with Gasteiger partial charge in [0.1, 0.15) is 11.5 Å². The maximum atomic E-state index is 5.65. The van der Waals surface area contributed by atoms with Gasteiger partial charge in [-0.05, 0) is 55.3 Å². The van der Waals surface area contributed by atoms with Gasteiger partial charge in [-0.15, -0.1) is 0 Å². The van der Waals surface area contributed by atoms with Gasteiger partial charge in [0, 0.05) is 22.7 Å². The average molecular weight is 474 g/mol. The summed E-state index contributed by atoms with van der Waals surface area (Å²) in [4.78, 5) is 11.8. The molecule has 5 nitrogen and oxygen atoms in total. The maximum Gasteiger partial charge on any atom is 0.144 e. The molecule has 2 N–H and O–H groups in total. The third kappa shape index (κ3) is 6.68. The Balaban J connectivity index is 1.39. The highest BCUT2D eigenvalue weighted by atomic mass is 16.5. The standard InChI is InChI=1S/C30H39N3O2/c1-4-5-6-7-8-9-10-11-12-13-23-14-15-24(31-23)20-29-30(35-3)21-28(33-29)27-19-22-18-25(34-2)16-17-26(22)32-27/h14-21,31,33H,4-13H2,1-3H3/b28-27-,29-20-. The summed E-state index contributed by atoms with van der Waals surface area (Å²) in [6.45, 7) is 2.28. The molecular weight excluding hydrogens is 434 g/mol. The molecule has 0 radical (unpaired) electrons. The smallest absolute Gasteiger partial charge is 0.144 e. The van der Waals surface area contributed by atoms with Gasteiger partial charge in [-0.25, -0.2) is 4.99 Å². The molecule has 35 heavy (non-hydrogen) atoms. The van der Waals surface area contributed by atoms with Gasteiger partial charge in [-0.2, -0.15) is 0 Å². The Hall–Kier alpha value is -3.21. The molecule has 3 aromatic rings. The predicted molar refractivity (Wildman–Crippen MR) is 144 cm³/mol. The van der Waals surface area contributed by atoms with E-state index in [2.05, 4.69) is 41.2 Å². The highest BCUT2D eigenvalue weighted by Gasteiger charge is 2.07. The van der Waals surface area contributed by atoms with Gasteiger partial charge in [-0.1, -0.05) is 58.3 Å². The number of nitrogens with one attached hydrogen (secondary N) is 2. The Morgan fingerprint density at radius 3 is 2.34 bits per heavy atom. The normalized spacial score (nSPS) is 14.5. The van der Waals surface area contributed by atoms with E-state index < -0.39 is 0 Å². The van der Waals surface area contributed by atoms with Gasteiger partial charge in [0.25, 0.3) is 0 Å².